The Balaban J connectivity index is 1.65. The molecule has 1 aliphatic heterocycles. The maximum Gasteiger partial charge on any atom is 0.257 e. The highest BCUT2D eigenvalue weighted by Crippen LogP contribution is 2.31. The van der Waals surface area contributed by atoms with Gasteiger partial charge >= 0.3 is 0 Å². The molecule has 0 fully saturated rings. The topological polar surface area (TPSA) is 51.9 Å². The average Bonchev–Trinajstić information content (AvgIpc) is 2.92. The first-order valence-electron chi connectivity index (χ1n) is 6.83. The Kier molecular flexibility index (Phi) is 3.56. The molecule has 5 nitrogen and oxygen atoms in total. The molecule has 2 aromatic rings. The summed E-state index contributed by atoms with van der Waals surface area (Å²) in [5.41, 5.74) is 0.578. The molecule has 0 bridgehead atoms. The smallest absolute Gasteiger partial charge is 0.257 e. The summed E-state index contributed by atoms with van der Waals surface area (Å²) in [6, 6.07) is 9.22. The average molecular weight is 287 g/mol. The molecular formula is C16H17NO4. The molecule has 1 atom stereocenters. The molecular weight excluding hydrogens is 270 g/mol. The number of carbonyl (C=O) groups excluding carboxylic acids is 1. The van der Waals surface area contributed by atoms with Crippen LogP contribution in [-0.4, -0.2) is 37.1 Å². The number of likely N-dealkylation sites (N-methyl/N-ethyl adjacent to an activating group) is 1. The Hall–Kier alpha value is -2.43. The van der Waals surface area contributed by atoms with Crippen molar-refractivity contribution >= 4 is 5.91 Å². The van der Waals surface area contributed by atoms with Gasteiger partial charge in [-0.05, 0) is 25.1 Å². The fourth-order valence-electron chi connectivity index (χ4n) is 2.35. The van der Waals surface area contributed by atoms with Crippen LogP contribution in [0, 0.1) is 6.92 Å². The maximum absolute atomic E-state index is 12.3. The molecule has 1 aliphatic rings. The monoisotopic (exact) mass is 287 g/mol. The maximum atomic E-state index is 12.3. The molecule has 2 heterocycles. The van der Waals surface area contributed by atoms with Gasteiger partial charge in [0.25, 0.3) is 5.91 Å². The molecule has 110 valence electrons. The van der Waals surface area contributed by atoms with Crippen molar-refractivity contribution in [3.63, 3.8) is 0 Å². The predicted molar refractivity (Wildman–Crippen MR) is 76.8 cm³/mol. The minimum atomic E-state index is -0.180. The van der Waals surface area contributed by atoms with Gasteiger partial charge < -0.3 is 18.8 Å². The standard InChI is InChI=1S/C16H17NO4/c1-11-13(7-8-19-11)16(18)17(2)9-12-10-20-14-5-3-4-6-15(14)21-12/h3-8,12H,9-10H2,1-2H3. The van der Waals surface area contributed by atoms with Gasteiger partial charge in [0, 0.05) is 7.05 Å². The summed E-state index contributed by atoms with van der Waals surface area (Å²) in [6.07, 6.45) is 1.34. The van der Waals surface area contributed by atoms with Gasteiger partial charge in [-0.25, -0.2) is 0 Å². The molecule has 1 amide bonds. The molecule has 0 saturated heterocycles. The van der Waals surface area contributed by atoms with Crippen LogP contribution in [0.25, 0.3) is 0 Å². The first-order chi connectivity index (χ1) is 10.1. The number of hydrogen-bond acceptors (Lipinski definition) is 4. The Morgan fingerprint density at radius 3 is 2.76 bits per heavy atom. The normalized spacial score (nSPS) is 16.6. The highest BCUT2D eigenvalue weighted by atomic mass is 16.6. The summed E-state index contributed by atoms with van der Waals surface area (Å²) >= 11 is 0. The van der Waals surface area contributed by atoms with Crippen LogP contribution in [0.15, 0.2) is 41.0 Å². The number of fused-ring (bicyclic) bond motifs is 1. The largest absolute Gasteiger partial charge is 0.486 e. The van der Waals surface area contributed by atoms with Crippen LogP contribution in [0.2, 0.25) is 0 Å². The van der Waals surface area contributed by atoms with Crippen LogP contribution < -0.4 is 9.47 Å². The minimum Gasteiger partial charge on any atom is -0.486 e. The van der Waals surface area contributed by atoms with Crippen molar-refractivity contribution in [2.45, 2.75) is 13.0 Å². The van der Waals surface area contributed by atoms with Gasteiger partial charge in [-0.1, -0.05) is 12.1 Å². The van der Waals surface area contributed by atoms with Gasteiger partial charge in [0.2, 0.25) is 0 Å². The summed E-state index contributed by atoms with van der Waals surface area (Å²) in [6.45, 7) is 2.66. The zero-order chi connectivity index (χ0) is 14.8. The van der Waals surface area contributed by atoms with E-state index in [0.717, 1.165) is 5.75 Å². The quantitative estimate of drug-likeness (QED) is 0.870. The Labute approximate surface area is 123 Å². The number of nitrogens with zero attached hydrogens (tertiary/aromatic N) is 1. The highest BCUT2D eigenvalue weighted by molar-refractivity contribution is 5.94. The lowest BCUT2D eigenvalue weighted by molar-refractivity contribution is 0.0520. The van der Waals surface area contributed by atoms with E-state index in [2.05, 4.69) is 0 Å². The third-order valence-corrected chi connectivity index (χ3v) is 3.48. The first kappa shape index (κ1) is 13.5. The fraction of sp³-hybridized carbons (Fsp3) is 0.312. The van der Waals surface area contributed by atoms with Gasteiger partial charge in [-0.2, -0.15) is 0 Å². The summed E-state index contributed by atoms with van der Waals surface area (Å²) < 4.78 is 16.7. The molecule has 0 spiro atoms. The van der Waals surface area contributed by atoms with Crippen molar-refractivity contribution in [1.29, 1.82) is 0 Å². The number of amides is 1. The Morgan fingerprint density at radius 1 is 1.29 bits per heavy atom. The van der Waals surface area contributed by atoms with E-state index in [-0.39, 0.29) is 12.0 Å². The molecule has 0 radical (unpaired) electrons. The third kappa shape index (κ3) is 2.72. The lowest BCUT2D eigenvalue weighted by Gasteiger charge is -2.29. The van der Waals surface area contributed by atoms with Crippen LogP contribution in [0.3, 0.4) is 0 Å². The van der Waals surface area contributed by atoms with Gasteiger partial charge in [0.15, 0.2) is 17.6 Å². The minimum absolute atomic E-state index is 0.0799. The van der Waals surface area contributed by atoms with E-state index in [4.69, 9.17) is 13.9 Å². The van der Waals surface area contributed by atoms with Crippen LogP contribution >= 0.6 is 0 Å². The van der Waals surface area contributed by atoms with E-state index in [0.29, 0.717) is 30.2 Å². The number of rotatable bonds is 3. The zero-order valence-electron chi connectivity index (χ0n) is 12.0. The lowest BCUT2D eigenvalue weighted by Crippen LogP contribution is -2.41. The van der Waals surface area contributed by atoms with Gasteiger partial charge in [0.1, 0.15) is 12.4 Å². The van der Waals surface area contributed by atoms with Crippen LogP contribution in [0.1, 0.15) is 16.1 Å². The van der Waals surface area contributed by atoms with Crippen molar-refractivity contribution in [2.75, 3.05) is 20.2 Å². The number of furan rings is 1. The second-order valence-corrected chi connectivity index (χ2v) is 5.07. The van der Waals surface area contributed by atoms with Gasteiger partial charge in [-0.3, -0.25) is 4.79 Å². The third-order valence-electron chi connectivity index (χ3n) is 3.48. The van der Waals surface area contributed by atoms with Crippen LogP contribution in [0.4, 0.5) is 0 Å². The second-order valence-electron chi connectivity index (χ2n) is 5.07. The molecule has 5 heteroatoms. The molecule has 3 rings (SSSR count). The number of ether oxygens (including phenoxy) is 2. The van der Waals surface area contributed by atoms with E-state index in [1.54, 1.807) is 24.9 Å². The van der Waals surface area contributed by atoms with Crippen molar-refractivity contribution in [1.82, 2.24) is 4.90 Å². The number of aryl methyl sites for hydroxylation is 1. The van der Waals surface area contributed by atoms with Gasteiger partial charge in [0.05, 0.1) is 18.4 Å². The second kappa shape index (κ2) is 5.52. The summed E-state index contributed by atoms with van der Waals surface area (Å²) in [7, 11) is 1.75. The van der Waals surface area contributed by atoms with Crippen molar-refractivity contribution < 1.29 is 18.7 Å². The van der Waals surface area contributed by atoms with E-state index < -0.39 is 0 Å². The van der Waals surface area contributed by atoms with E-state index in [1.165, 1.54) is 6.26 Å². The predicted octanol–water partition coefficient (Wildman–Crippen LogP) is 2.50. The SMILES string of the molecule is Cc1occc1C(=O)N(C)CC1COc2ccccc2O1. The zero-order valence-corrected chi connectivity index (χ0v) is 12.0. The Bertz CT molecular complexity index is 649. The molecule has 21 heavy (non-hydrogen) atoms. The molecule has 1 unspecified atom stereocenters. The molecule has 1 aromatic heterocycles. The summed E-state index contributed by atoms with van der Waals surface area (Å²) in [4.78, 5) is 13.9. The number of hydrogen-bond donors (Lipinski definition) is 0. The lowest BCUT2D eigenvalue weighted by atomic mass is 10.2. The number of para-hydroxylation sites is 2. The van der Waals surface area contributed by atoms with Gasteiger partial charge in [-0.15, -0.1) is 0 Å². The van der Waals surface area contributed by atoms with Crippen molar-refractivity contribution in [3.8, 4) is 11.5 Å². The molecule has 0 N–H and O–H groups in total. The van der Waals surface area contributed by atoms with Crippen molar-refractivity contribution in [3.05, 3.63) is 47.9 Å². The first-order valence-corrected chi connectivity index (χ1v) is 6.83. The van der Waals surface area contributed by atoms with E-state index in [1.807, 2.05) is 24.3 Å². The summed E-state index contributed by atoms with van der Waals surface area (Å²) in [5, 5.41) is 0. The summed E-state index contributed by atoms with van der Waals surface area (Å²) in [5.74, 6) is 2.00. The molecule has 0 aliphatic carbocycles. The highest BCUT2D eigenvalue weighted by Gasteiger charge is 2.25. The Morgan fingerprint density at radius 2 is 2.05 bits per heavy atom. The molecule has 1 aromatic carbocycles. The van der Waals surface area contributed by atoms with Crippen LogP contribution in [0.5, 0.6) is 11.5 Å². The van der Waals surface area contributed by atoms with E-state index in [9.17, 15) is 4.79 Å². The van der Waals surface area contributed by atoms with Crippen molar-refractivity contribution in [2.24, 2.45) is 0 Å². The number of carbonyl (C=O) groups is 1. The van der Waals surface area contributed by atoms with E-state index >= 15 is 0 Å². The van der Waals surface area contributed by atoms with Crippen LogP contribution in [-0.2, 0) is 0 Å². The number of benzene rings is 1. The fourth-order valence-corrected chi connectivity index (χ4v) is 2.35. The molecule has 0 saturated carbocycles.